The molecule has 0 aliphatic carbocycles. The fourth-order valence-electron chi connectivity index (χ4n) is 3.65. The van der Waals surface area contributed by atoms with Crippen LogP contribution in [0.1, 0.15) is 5.56 Å². The number of benzene rings is 2. The van der Waals surface area contributed by atoms with Crippen LogP contribution < -0.4 is 20.7 Å². The van der Waals surface area contributed by atoms with Crippen LogP contribution >= 0.6 is 0 Å². The van der Waals surface area contributed by atoms with Crippen LogP contribution in [0.5, 0.6) is 11.5 Å². The first kappa shape index (κ1) is 20.9. The SMILES string of the molecule is COc1ccc(-c2cc(-c3ccc(C#N)cc3)c3c(=O)n(C)c(=O)n(C)c3n2)cc1OC. The third-order valence-corrected chi connectivity index (χ3v) is 5.41. The number of pyridine rings is 1. The van der Waals surface area contributed by atoms with Crippen molar-refractivity contribution in [1.82, 2.24) is 14.1 Å². The topological polar surface area (TPSA) is 99.1 Å². The van der Waals surface area contributed by atoms with Gasteiger partial charge in [-0.3, -0.25) is 13.9 Å². The molecule has 8 nitrogen and oxygen atoms in total. The molecule has 2 aromatic carbocycles. The van der Waals surface area contributed by atoms with Crippen molar-refractivity contribution in [3.05, 3.63) is 74.9 Å². The van der Waals surface area contributed by atoms with Gasteiger partial charge in [-0.15, -0.1) is 0 Å². The number of ether oxygens (including phenoxy) is 2. The van der Waals surface area contributed by atoms with Crippen LogP contribution in [0.4, 0.5) is 0 Å². The number of fused-ring (bicyclic) bond motifs is 1. The van der Waals surface area contributed by atoms with E-state index in [1.807, 2.05) is 6.07 Å². The summed E-state index contributed by atoms with van der Waals surface area (Å²) >= 11 is 0. The summed E-state index contributed by atoms with van der Waals surface area (Å²) in [5.74, 6) is 1.11. The zero-order valence-corrected chi connectivity index (χ0v) is 18.0. The highest BCUT2D eigenvalue weighted by Gasteiger charge is 2.18. The summed E-state index contributed by atoms with van der Waals surface area (Å²) in [4.78, 5) is 30.3. The van der Waals surface area contributed by atoms with Crippen LogP contribution in [0.3, 0.4) is 0 Å². The molecule has 0 N–H and O–H groups in total. The van der Waals surface area contributed by atoms with Gasteiger partial charge in [0, 0.05) is 25.2 Å². The predicted molar refractivity (Wildman–Crippen MR) is 121 cm³/mol. The van der Waals surface area contributed by atoms with Crippen LogP contribution in [0.15, 0.2) is 58.1 Å². The summed E-state index contributed by atoms with van der Waals surface area (Å²) in [6.07, 6.45) is 0. The minimum atomic E-state index is -0.467. The number of aryl methyl sites for hydroxylation is 1. The van der Waals surface area contributed by atoms with Crippen molar-refractivity contribution < 1.29 is 9.47 Å². The van der Waals surface area contributed by atoms with Crippen molar-refractivity contribution in [3.8, 4) is 40.0 Å². The largest absolute Gasteiger partial charge is 0.493 e. The van der Waals surface area contributed by atoms with Crippen LogP contribution in [0.2, 0.25) is 0 Å². The number of nitriles is 1. The molecular formula is C24H20N4O4. The number of methoxy groups -OCH3 is 2. The third-order valence-electron chi connectivity index (χ3n) is 5.41. The zero-order chi connectivity index (χ0) is 23.0. The molecule has 0 atom stereocenters. The molecule has 0 unspecified atom stereocenters. The van der Waals surface area contributed by atoms with Crippen molar-refractivity contribution >= 4 is 11.0 Å². The van der Waals surface area contributed by atoms with Gasteiger partial charge in [0.1, 0.15) is 0 Å². The number of rotatable bonds is 4. The van der Waals surface area contributed by atoms with Gasteiger partial charge in [-0.1, -0.05) is 12.1 Å². The first-order chi connectivity index (χ1) is 15.4. The minimum Gasteiger partial charge on any atom is -0.493 e. The molecule has 0 bridgehead atoms. The van der Waals surface area contributed by atoms with Crippen molar-refractivity contribution in [2.24, 2.45) is 14.1 Å². The fraction of sp³-hybridized carbons (Fsp3) is 0.167. The molecule has 0 aliphatic rings. The lowest BCUT2D eigenvalue weighted by molar-refractivity contribution is 0.355. The Morgan fingerprint density at radius 2 is 1.53 bits per heavy atom. The fourth-order valence-corrected chi connectivity index (χ4v) is 3.65. The van der Waals surface area contributed by atoms with E-state index < -0.39 is 11.2 Å². The van der Waals surface area contributed by atoms with Gasteiger partial charge in [-0.05, 0) is 42.0 Å². The van der Waals surface area contributed by atoms with E-state index >= 15 is 0 Å². The molecule has 0 saturated carbocycles. The highest BCUT2D eigenvalue weighted by atomic mass is 16.5. The maximum atomic E-state index is 13.1. The second-order valence-electron chi connectivity index (χ2n) is 7.22. The molecule has 160 valence electrons. The van der Waals surface area contributed by atoms with Crippen LogP contribution in [0.25, 0.3) is 33.4 Å². The van der Waals surface area contributed by atoms with Crippen LogP contribution in [-0.4, -0.2) is 28.3 Å². The Bertz CT molecular complexity index is 1510. The molecule has 4 aromatic rings. The van der Waals surface area contributed by atoms with Gasteiger partial charge in [0.05, 0.1) is 36.9 Å². The highest BCUT2D eigenvalue weighted by molar-refractivity contribution is 5.94. The maximum Gasteiger partial charge on any atom is 0.332 e. The molecular weight excluding hydrogens is 408 g/mol. The molecule has 32 heavy (non-hydrogen) atoms. The Morgan fingerprint density at radius 3 is 2.16 bits per heavy atom. The number of aromatic nitrogens is 3. The van der Waals surface area contributed by atoms with Gasteiger partial charge in [-0.25, -0.2) is 9.78 Å². The lowest BCUT2D eigenvalue weighted by Gasteiger charge is -2.14. The molecule has 0 fully saturated rings. The van der Waals surface area contributed by atoms with E-state index in [1.165, 1.54) is 11.6 Å². The quantitative estimate of drug-likeness (QED) is 0.496. The van der Waals surface area contributed by atoms with Gasteiger partial charge in [0.2, 0.25) is 0 Å². The standard InChI is InChI=1S/C24H20N4O4/c1-27-22-21(23(29)28(2)24(27)30)17(15-7-5-14(13-25)6-8-15)12-18(26-22)16-9-10-19(31-3)20(11-16)32-4/h5-12H,1-4H3. The summed E-state index contributed by atoms with van der Waals surface area (Å²) in [5, 5.41) is 9.45. The Balaban J connectivity index is 2.10. The molecule has 0 radical (unpaired) electrons. The molecule has 2 aromatic heterocycles. The smallest absolute Gasteiger partial charge is 0.332 e. The van der Waals surface area contributed by atoms with Crippen LogP contribution in [0, 0.1) is 11.3 Å². The minimum absolute atomic E-state index is 0.268. The molecule has 2 heterocycles. The second-order valence-corrected chi connectivity index (χ2v) is 7.22. The maximum absolute atomic E-state index is 13.1. The Morgan fingerprint density at radius 1 is 0.875 bits per heavy atom. The number of hydrogen-bond donors (Lipinski definition) is 0. The van der Waals surface area contributed by atoms with Gasteiger partial charge >= 0.3 is 5.69 Å². The average molecular weight is 428 g/mol. The molecule has 0 amide bonds. The number of nitrogens with zero attached hydrogens (tertiary/aromatic N) is 4. The van der Waals surface area contributed by atoms with E-state index in [1.54, 1.807) is 63.7 Å². The van der Waals surface area contributed by atoms with Crippen LogP contribution in [-0.2, 0) is 14.1 Å². The van der Waals surface area contributed by atoms with E-state index in [2.05, 4.69) is 11.1 Å². The van der Waals surface area contributed by atoms with Gasteiger partial charge < -0.3 is 9.47 Å². The highest BCUT2D eigenvalue weighted by Crippen LogP contribution is 2.34. The van der Waals surface area contributed by atoms with E-state index in [9.17, 15) is 9.59 Å². The molecule has 0 spiro atoms. The monoisotopic (exact) mass is 428 g/mol. The summed E-state index contributed by atoms with van der Waals surface area (Å²) < 4.78 is 13.1. The van der Waals surface area contributed by atoms with E-state index in [0.29, 0.717) is 33.7 Å². The molecule has 0 saturated heterocycles. The Labute approximate surface area is 183 Å². The van der Waals surface area contributed by atoms with E-state index in [-0.39, 0.29) is 5.65 Å². The lowest BCUT2D eigenvalue weighted by Crippen LogP contribution is -2.37. The number of hydrogen-bond acceptors (Lipinski definition) is 6. The first-order valence-electron chi connectivity index (χ1n) is 9.73. The van der Waals surface area contributed by atoms with Crippen molar-refractivity contribution in [2.75, 3.05) is 14.2 Å². The Hall–Kier alpha value is -4.38. The normalized spacial score (nSPS) is 10.7. The van der Waals surface area contributed by atoms with Gasteiger partial charge in [0.25, 0.3) is 5.56 Å². The first-order valence-corrected chi connectivity index (χ1v) is 9.73. The van der Waals surface area contributed by atoms with E-state index in [0.717, 1.165) is 15.7 Å². The van der Waals surface area contributed by atoms with Crippen molar-refractivity contribution in [2.45, 2.75) is 0 Å². The second kappa shape index (κ2) is 8.04. The average Bonchev–Trinajstić information content (AvgIpc) is 2.84. The van der Waals surface area contributed by atoms with E-state index in [4.69, 9.17) is 14.7 Å². The predicted octanol–water partition coefficient (Wildman–Crippen LogP) is 2.86. The Kier molecular flexibility index (Phi) is 5.24. The zero-order valence-electron chi connectivity index (χ0n) is 18.0. The molecule has 0 aliphatic heterocycles. The van der Waals surface area contributed by atoms with Crippen molar-refractivity contribution in [1.29, 1.82) is 5.26 Å². The van der Waals surface area contributed by atoms with Gasteiger partial charge in [0.15, 0.2) is 17.1 Å². The molecule has 8 heteroatoms. The molecule has 4 rings (SSSR count). The summed E-state index contributed by atoms with van der Waals surface area (Å²) in [7, 11) is 6.12. The summed E-state index contributed by atoms with van der Waals surface area (Å²) in [5.41, 5.74) is 2.50. The summed E-state index contributed by atoms with van der Waals surface area (Å²) in [6.45, 7) is 0. The van der Waals surface area contributed by atoms with Crippen molar-refractivity contribution in [3.63, 3.8) is 0 Å². The lowest BCUT2D eigenvalue weighted by atomic mass is 9.99. The summed E-state index contributed by atoms with van der Waals surface area (Å²) in [6, 6.07) is 16.2. The van der Waals surface area contributed by atoms with Gasteiger partial charge in [-0.2, -0.15) is 5.26 Å². The third kappa shape index (κ3) is 3.30.